The average Bonchev–Trinajstić information content (AvgIpc) is 2.54. The van der Waals surface area contributed by atoms with Crippen LogP contribution in [0.3, 0.4) is 0 Å². The largest absolute Gasteiger partial charge is 0.484 e. The molecule has 0 aromatic heterocycles. The number of sulfonamides is 1. The third kappa shape index (κ3) is 6.14. The molecule has 0 saturated carbocycles. The van der Waals surface area contributed by atoms with Crippen molar-refractivity contribution < 1.29 is 17.9 Å². The van der Waals surface area contributed by atoms with Gasteiger partial charge >= 0.3 is 0 Å². The number of carbonyl (C=O) groups is 1. The monoisotopic (exact) mass is 379 g/mol. The van der Waals surface area contributed by atoms with Crippen molar-refractivity contribution in [2.45, 2.75) is 11.8 Å². The van der Waals surface area contributed by atoms with E-state index in [0.29, 0.717) is 11.4 Å². The lowest BCUT2D eigenvalue weighted by Gasteiger charge is -2.11. The van der Waals surface area contributed by atoms with Crippen LogP contribution in [0.15, 0.2) is 53.4 Å². The Balaban J connectivity index is 1.83. The molecule has 0 fully saturated rings. The van der Waals surface area contributed by atoms with E-state index in [2.05, 4.69) is 10.6 Å². The standard InChI is InChI=1S/C16H17N3O4S2/c1-11-2-6-13(7-3-11)23-10-15(20)19-16(24)18-12-4-8-14(9-5-12)25(17,21)22/h2-9H,10H2,1H3,(H2,17,21,22)(H2,18,19,20,24). The van der Waals surface area contributed by atoms with Crippen LogP contribution in [-0.2, 0) is 14.8 Å². The number of nitrogens with two attached hydrogens (primary N) is 1. The summed E-state index contributed by atoms with van der Waals surface area (Å²) in [6, 6.07) is 12.9. The summed E-state index contributed by atoms with van der Waals surface area (Å²) in [5, 5.41) is 10.3. The Labute approximate surface area is 151 Å². The van der Waals surface area contributed by atoms with Gasteiger partial charge in [-0.15, -0.1) is 0 Å². The SMILES string of the molecule is Cc1ccc(OCC(=O)NC(=S)Nc2ccc(S(N)(=O)=O)cc2)cc1. The number of ether oxygens (including phenoxy) is 1. The third-order valence-corrected chi connectivity index (χ3v) is 4.22. The van der Waals surface area contributed by atoms with Crippen molar-refractivity contribution in [3.8, 4) is 5.75 Å². The lowest BCUT2D eigenvalue weighted by molar-refractivity contribution is -0.121. The number of thiocarbonyl (C=S) groups is 1. The van der Waals surface area contributed by atoms with Crippen molar-refractivity contribution in [2.75, 3.05) is 11.9 Å². The van der Waals surface area contributed by atoms with Gasteiger partial charge in [-0.25, -0.2) is 13.6 Å². The minimum Gasteiger partial charge on any atom is -0.484 e. The Hall–Kier alpha value is -2.49. The molecule has 0 atom stereocenters. The summed E-state index contributed by atoms with van der Waals surface area (Å²) in [6.07, 6.45) is 0. The lowest BCUT2D eigenvalue weighted by Crippen LogP contribution is -2.37. The normalized spacial score (nSPS) is 10.8. The van der Waals surface area contributed by atoms with E-state index in [1.807, 2.05) is 19.1 Å². The van der Waals surface area contributed by atoms with Crippen molar-refractivity contribution in [2.24, 2.45) is 5.14 Å². The first-order valence-corrected chi connectivity index (χ1v) is 9.13. The number of rotatable bonds is 5. The number of amides is 1. The van der Waals surface area contributed by atoms with Crippen molar-refractivity contribution in [1.29, 1.82) is 0 Å². The molecule has 0 radical (unpaired) electrons. The van der Waals surface area contributed by atoms with Crippen LogP contribution in [-0.4, -0.2) is 26.0 Å². The van der Waals surface area contributed by atoms with Gasteiger partial charge in [0.15, 0.2) is 11.7 Å². The Morgan fingerprint density at radius 1 is 1.12 bits per heavy atom. The second-order valence-corrected chi connectivity index (χ2v) is 7.14. The quantitative estimate of drug-likeness (QED) is 0.680. The zero-order valence-electron chi connectivity index (χ0n) is 13.4. The molecular weight excluding hydrogens is 362 g/mol. The molecule has 0 saturated heterocycles. The summed E-state index contributed by atoms with van der Waals surface area (Å²) >= 11 is 5.03. The second-order valence-electron chi connectivity index (χ2n) is 5.17. The van der Waals surface area contributed by atoms with Crippen LogP contribution in [0.5, 0.6) is 5.75 Å². The lowest BCUT2D eigenvalue weighted by atomic mass is 10.2. The maximum atomic E-state index is 11.8. The molecule has 0 heterocycles. The molecule has 0 aliphatic heterocycles. The highest BCUT2D eigenvalue weighted by molar-refractivity contribution is 7.89. The van der Waals surface area contributed by atoms with E-state index >= 15 is 0 Å². The minimum absolute atomic E-state index is 0.0144. The number of benzene rings is 2. The zero-order valence-corrected chi connectivity index (χ0v) is 15.0. The van der Waals surface area contributed by atoms with Crippen molar-refractivity contribution in [1.82, 2.24) is 5.32 Å². The molecule has 0 aliphatic carbocycles. The van der Waals surface area contributed by atoms with Crippen LogP contribution < -0.4 is 20.5 Å². The molecule has 132 valence electrons. The molecule has 4 N–H and O–H groups in total. The highest BCUT2D eigenvalue weighted by Crippen LogP contribution is 2.13. The first kappa shape index (κ1) is 18.8. The smallest absolute Gasteiger partial charge is 0.264 e. The van der Waals surface area contributed by atoms with E-state index < -0.39 is 15.9 Å². The van der Waals surface area contributed by atoms with Crippen LogP contribution in [0.1, 0.15) is 5.56 Å². The molecule has 25 heavy (non-hydrogen) atoms. The van der Waals surface area contributed by atoms with Gasteiger partial charge in [0.1, 0.15) is 5.75 Å². The molecule has 0 unspecified atom stereocenters. The fourth-order valence-corrected chi connectivity index (χ4v) is 2.58. The summed E-state index contributed by atoms with van der Waals surface area (Å²) in [5.41, 5.74) is 1.60. The van der Waals surface area contributed by atoms with Gasteiger partial charge in [0.25, 0.3) is 5.91 Å². The summed E-state index contributed by atoms with van der Waals surface area (Å²) in [5.74, 6) is 0.164. The molecule has 0 spiro atoms. The van der Waals surface area contributed by atoms with E-state index in [9.17, 15) is 13.2 Å². The minimum atomic E-state index is -3.75. The van der Waals surface area contributed by atoms with Crippen LogP contribution >= 0.6 is 12.2 Å². The van der Waals surface area contributed by atoms with Crippen LogP contribution in [0.2, 0.25) is 0 Å². The van der Waals surface area contributed by atoms with E-state index in [0.717, 1.165) is 5.56 Å². The molecule has 0 aliphatic rings. The highest BCUT2D eigenvalue weighted by atomic mass is 32.2. The molecule has 2 aromatic rings. The molecule has 2 rings (SSSR count). The van der Waals surface area contributed by atoms with E-state index in [1.165, 1.54) is 24.3 Å². The Morgan fingerprint density at radius 3 is 2.28 bits per heavy atom. The van der Waals surface area contributed by atoms with Gasteiger partial charge in [0, 0.05) is 5.69 Å². The number of anilines is 1. The number of hydrogen-bond acceptors (Lipinski definition) is 5. The Kier molecular flexibility index (Phi) is 6.07. The first-order valence-electron chi connectivity index (χ1n) is 7.17. The average molecular weight is 379 g/mol. The van der Waals surface area contributed by atoms with Gasteiger partial charge in [-0.05, 0) is 55.5 Å². The number of primary sulfonamides is 1. The Bertz CT molecular complexity index is 863. The molecule has 1 amide bonds. The predicted octanol–water partition coefficient (Wildman–Crippen LogP) is 1.53. The fraction of sp³-hybridized carbons (Fsp3) is 0.125. The maximum absolute atomic E-state index is 11.8. The third-order valence-electron chi connectivity index (χ3n) is 3.08. The summed E-state index contributed by atoms with van der Waals surface area (Å²) < 4.78 is 27.7. The van der Waals surface area contributed by atoms with Crippen molar-refractivity contribution >= 4 is 38.9 Å². The van der Waals surface area contributed by atoms with Crippen LogP contribution in [0, 0.1) is 6.92 Å². The fourth-order valence-electron chi connectivity index (χ4n) is 1.84. The van der Waals surface area contributed by atoms with Crippen molar-refractivity contribution in [3.05, 3.63) is 54.1 Å². The summed E-state index contributed by atoms with van der Waals surface area (Å²) in [7, 11) is -3.75. The highest BCUT2D eigenvalue weighted by Gasteiger charge is 2.09. The zero-order chi connectivity index (χ0) is 18.4. The number of nitrogens with one attached hydrogen (secondary N) is 2. The maximum Gasteiger partial charge on any atom is 0.264 e. The predicted molar refractivity (Wildman–Crippen MR) is 98.9 cm³/mol. The van der Waals surface area contributed by atoms with Gasteiger partial charge in [0.05, 0.1) is 4.90 Å². The van der Waals surface area contributed by atoms with Gasteiger partial charge in [-0.1, -0.05) is 17.7 Å². The van der Waals surface area contributed by atoms with E-state index in [-0.39, 0.29) is 16.6 Å². The Morgan fingerprint density at radius 2 is 1.72 bits per heavy atom. The number of hydrogen-bond donors (Lipinski definition) is 3. The van der Waals surface area contributed by atoms with Gasteiger partial charge in [-0.3, -0.25) is 10.1 Å². The first-order chi connectivity index (χ1) is 11.7. The van der Waals surface area contributed by atoms with Gasteiger partial charge in [-0.2, -0.15) is 0 Å². The van der Waals surface area contributed by atoms with E-state index in [1.54, 1.807) is 12.1 Å². The van der Waals surface area contributed by atoms with Crippen LogP contribution in [0.4, 0.5) is 5.69 Å². The number of aryl methyl sites for hydroxylation is 1. The van der Waals surface area contributed by atoms with E-state index in [4.69, 9.17) is 22.1 Å². The second kappa shape index (κ2) is 8.06. The number of carbonyl (C=O) groups excluding carboxylic acids is 1. The molecular formula is C16H17N3O4S2. The molecule has 9 heteroatoms. The van der Waals surface area contributed by atoms with Gasteiger partial charge in [0.2, 0.25) is 10.0 Å². The molecule has 0 bridgehead atoms. The summed E-state index contributed by atoms with van der Waals surface area (Å²) in [6.45, 7) is 1.77. The molecule has 2 aromatic carbocycles. The topological polar surface area (TPSA) is 111 Å². The van der Waals surface area contributed by atoms with Gasteiger partial charge < -0.3 is 10.1 Å². The van der Waals surface area contributed by atoms with Crippen LogP contribution in [0.25, 0.3) is 0 Å². The molecule has 7 nitrogen and oxygen atoms in total. The van der Waals surface area contributed by atoms with Crippen molar-refractivity contribution in [3.63, 3.8) is 0 Å². The summed E-state index contributed by atoms with van der Waals surface area (Å²) in [4.78, 5) is 11.8.